The molecule has 23 heavy (non-hydrogen) atoms. The van der Waals surface area contributed by atoms with Crippen molar-refractivity contribution in [2.75, 3.05) is 47.5 Å². The number of methoxy groups -OCH3 is 3. The van der Waals surface area contributed by atoms with Crippen LogP contribution in [0.5, 0.6) is 17.2 Å². The Hall–Kier alpha value is -1.46. The minimum Gasteiger partial charge on any atom is -0.496 e. The third kappa shape index (κ3) is 3.90. The molecule has 0 aromatic heterocycles. The van der Waals surface area contributed by atoms with Crippen molar-refractivity contribution in [2.45, 2.75) is 26.3 Å². The molecule has 1 aromatic carbocycles. The Kier molecular flexibility index (Phi) is 6.54. The molecule has 1 aliphatic rings. The highest BCUT2D eigenvalue weighted by Crippen LogP contribution is 2.44. The number of nitrogens with one attached hydrogen (secondary N) is 1. The van der Waals surface area contributed by atoms with Gasteiger partial charge in [-0.15, -0.1) is 0 Å². The van der Waals surface area contributed by atoms with E-state index >= 15 is 0 Å². The summed E-state index contributed by atoms with van der Waals surface area (Å²) in [6.45, 7) is 8.65. The number of hydrogen-bond acceptors (Lipinski definition) is 5. The molecule has 0 bridgehead atoms. The maximum absolute atomic E-state index is 5.69. The lowest BCUT2D eigenvalue weighted by Gasteiger charge is -2.39. The molecule has 0 spiro atoms. The fourth-order valence-corrected chi connectivity index (χ4v) is 3.33. The molecule has 130 valence electrons. The number of piperazine rings is 1. The molecule has 1 fully saturated rings. The molecule has 2 rings (SSSR count). The molecule has 2 atom stereocenters. The molecule has 1 aliphatic heterocycles. The first-order chi connectivity index (χ1) is 11.2. The first kappa shape index (κ1) is 17.9. The quantitative estimate of drug-likeness (QED) is 0.836. The molecule has 1 N–H and O–H groups in total. The van der Waals surface area contributed by atoms with E-state index < -0.39 is 0 Å². The maximum Gasteiger partial charge on any atom is 0.131 e. The van der Waals surface area contributed by atoms with Gasteiger partial charge in [0.2, 0.25) is 0 Å². The smallest absolute Gasteiger partial charge is 0.131 e. The number of benzene rings is 1. The number of ether oxygens (including phenoxy) is 3. The Morgan fingerprint density at radius 1 is 1.04 bits per heavy atom. The zero-order chi connectivity index (χ0) is 16.8. The highest BCUT2D eigenvalue weighted by Gasteiger charge is 2.32. The van der Waals surface area contributed by atoms with Gasteiger partial charge in [0.1, 0.15) is 17.2 Å². The fraction of sp³-hybridized carbons (Fsp3) is 0.667. The van der Waals surface area contributed by atoms with E-state index in [4.69, 9.17) is 14.2 Å². The van der Waals surface area contributed by atoms with Gasteiger partial charge >= 0.3 is 0 Å². The summed E-state index contributed by atoms with van der Waals surface area (Å²) in [6, 6.07) is 4.18. The molecule has 1 heterocycles. The van der Waals surface area contributed by atoms with E-state index in [1.165, 1.54) is 0 Å². The zero-order valence-corrected chi connectivity index (χ0v) is 15.0. The van der Waals surface area contributed by atoms with E-state index in [-0.39, 0.29) is 6.04 Å². The number of nitrogens with zero attached hydrogens (tertiary/aromatic N) is 1. The maximum atomic E-state index is 5.69. The topological polar surface area (TPSA) is 43.0 Å². The van der Waals surface area contributed by atoms with Crippen molar-refractivity contribution in [1.82, 2.24) is 10.2 Å². The minimum absolute atomic E-state index is 0.276. The van der Waals surface area contributed by atoms with Gasteiger partial charge in [0.25, 0.3) is 0 Å². The SMILES string of the molecule is CCC(C)[C@@H](c1c(OC)cc(OC)cc1OC)N1CCNCC1. The van der Waals surface area contributed by atoms with Gasteiger partial charge in [0.15, 0.2) is 0 Å². The van der Waals surface area contributed by atoms with Crippen LogP contribution in [-0.4, -0.2) is 52.4 Å². The van der Waals surface area contributed by atoms with Gasteiger partial charge in [0.05, 0.1) is 26.9 Å². The minimum atomic E-state index is 0.276. The lowest BCUT2D eigenvalue weighted by Crippen LogP contribution is -2.46. The monoisotopic (exact) mass is 322 g/mol. The van der Waals surface area contributed by atoms with Crippen molar-refractivity contribution in [3.05, 3.63) is 17.7 Å². The normalized spacial score (nSPS) is 18.3. The van der Waals surface area contributed by atoms with Crippen molar-refractivity contribution in [3.63, 3.8) is 0 Å². The molecule has 5 heteroatoms. The van der Waals surface area contributed by atoms with Gasteiger partial charge in [-0.25, -0.2) is 0 Å². The third-order valence-electron chi connectivity index (χ3n) is 4.78. The zero-order valence-electron chi connectivity index (χ0n) is 15.0. The predicted molar refractivity (Wildman–Crippen MR) is 92.7 cm³/mol. The Morgan fingerprint density at radius 2 is 1.61 bits per heavy atom. The van der Waals surface area contributed by atoms with Gasteiger partial charge in [-0.3, -0.25) is 4.90 Å². The van der Waals surface area contributed by atoms with Crippen molar-refractivity contribution in [2.24, 2.45) is 5.92 Å². The van der Waals surface area contributed by atoms with Crippen LogP contribution in [0.25, 0.3) is 0 Å². The second kappa shape index (κ2) is 8.41. The summed E-state index contributed by atoms with van der Waals surface area (Å²) >= 11 is 0. The lowest BCUT2D eigenvalue weighted by atomic mass is 9.89. The largest absolute Gasteiger partial charge is 0.496 e. The second-order valence-electron chi connectivity index (χ2n) is 6.06. The van der Waals surface area contributed by atoms with Crippen LogP contribution in [0.1, 0.15) is 31.9 Å². The van der Waals surface area contributed by atoms with Crippen LogP contribution in [0, 0.1) is 5.92 Å². The Bertz CT molecular complexity index is 476. The van der Waals surface area contributed by atoms with Crippen LogP contribution in [0.3, 0.4) is 0 Å². The van der Waals surface area contributed by atoms with E-state index in [2.05, 4.69) is 24.1 Å². The highest BCUT2D eigenvalue weighted by atomic mass is 16.5. The standard InChI is InChI=1S/C18H30N2O3/c1-6-13(2)18(20-9-7-19-8-10-20)17-15(22-4)11-14(21-3)12-16(17)23-5/h11-13,18-19H,6-10H2,1-5H3/t13?,18-/m0/s1. The van der Waals surface area contributed by atoms with Crippen molar-refractivity contribution in [3.8, 4) is 17.2 Å². The van der Waals surface area contributed by atoms with Gasteiger partial charge in [-0.05, 0) is 5.92 Å². The van der Waals surface area contributed by atoms with Crippen molar-refractivity contribution in [1.29, 1.82) is 0 Å². The number of rotatable bonds is 7. The molecular weight excluding hydrogens is 292 g/mol. The molecule has 0 saturated carbocycles. The third-order valence-corrected chi connectivity index (χ3v) is 4.78. The van der Waals surface area contributed by atoms with Crippen LogP contribution in [-0.2, 0) is 0 Å². The summed E-state index contributed by atoms with van der Waals surface area (Å²) in [4.78, 5) is 2.54. The average molecular weight is 322 g/mol. The van der Waals surface area contributed by atoms with Crippen LogP contribution >= 0.6 is 0 Å². The summed E-state index contributed by atoms with van der Waals surface area (Å²) < 4.78 is 16.8. The Labute approximate surface area is 139 Å². The van der Waals surface area contributed by atoms with E-state index in [1.807, 2.05) is 12.1 Å². The van der Waals surface area contributed by atoms with Crippen molar-refractivity contribution < 1.29 is 14.2 Å². The van der Waals surface area contributed by atoms with E-state index in [9.17, 15) is 0 Å². The van der Waals surface area contributed by atoms with E-state index in [1.54, 1.807) is 21.3 Å². The lowest BCUT2D eigenvalue weighted by molar-refractivity contribution is 0.123. The van der Waals surface area contributed by atoms with Gasteiger partial charge in [0, 0.05) is 44.4 Å². The van der Waals surface area contributed by atoms with E-state index in [0.717, 1.165) is 55.4 Å². The van der Waals surface area contributed by atoms with Crippen LogP contribution in [0.4, 0.5) is 0 Å². The molecule has 0 amide bonds. The first-order valence-corrected chi connectivity index (χ1v) is 8.40. The summed E-state index contributed by atoms with van der Waals surface area (Å²) in [5.74, 6) is 2.94. The van der Waals surface area contributed by atoms with Gasteiger partial charge in [-0.2, -0.15) is 0 Å². The van der Waals surface area contributed by atoms with Crippen LogP contribution in [0.2, 0.25) is 0 Å². The molecular formula is C18H30N2O3. The summed E-state index contributed by atoms with van der Waals surface area (Å²) in [7, 11) is 5.09. The molecule has 1 unspecified atom stereocenters. The Balaban J connectivity index is 2.51. The summed E-state index contributed by atoms with van der Waals surface area (Å²) in [5.41, 5.74) is 1.13. The van der Waals surface area contributed by atoms with Gasteiger partial charge in [-0.1, -0.05) is 20.3 Å². The van der Waals surface area contributed by atoms with Crippen molar-refractivity contribution >= 4 is 0 Å². The number of hydrogen-bond donors (Lipinski definition) is 1. The highest BCUT2D eigenvalue weighted by molar-refractivity contribution is 5.52. The van der Waals surface area contributed by atoms with Crippen LogP contribution in [0.15, 0.2) is 12.1 Å². The molecule has 0 aliphatic carbocycles. The first-order valence-electron chi connectivity index (χ1n) is 8.40. The Morgan fingerprint density at radius 3 is 2.04 bits per heavy atom. The summed E-state index contributed by atoms with van der Waals surface area (Å²) in [6.07, 6.45) is 1.10. The van der Waals surface area contributed by atoms with Crippen LogP contribution < -0.4 is 19.5 Å². The average Bonchev–Trinajstić information content (AvgIpc) is 2.62. The summed E-state index contributed by atoms with van der Waals surface area (Å²) in [5, 5.41) is 3.43. The van der Waals surface area contributed by atoms with E-state index in [0.29, 0.717) is 5.92 Å². The predicted octanol–water partition coefficient (Wildman–Crippen LogP) is 2.70. The molecule has 5 nitrogen and oxygen atoms in total. The second-order valence-corrected chi connectivity index (χ2v) is 6.06. The molecule has 0 radical (unpaired) electrons. The molecule has 1 saturated heterocycles. The molecule has 1 aromatic rings. The van der Waals surface area contributed by atoms with Gasteiger partial charge < -0.3 is 19.5 Å². The fourth-order valence-electron chi connectivity index (χ4n) is 3.33.